The maximum Gasteiger partial charge on any atom is 0.126 e. The van der Waals surface area contributed by atoms with E-state index in [4.69, 9.17) is 47.4 Å². The van der Waals surface area contributed by atoms with Gasteiger partial charge in [-0.25, -0.2) is 0 Å². The van der Waals surface area contributed by atoms with Gasteiger partial charge in [0.15, 0.2) is 0 Å². The SMILES string of the molecule is CC(C)(C)c1cc2c3c(c1)Cc1cc(C(C)(C)C)cc4c1OCCOCCOCCOCCOc1c(cc(C(C)(C)C)cc1Cc1cc(C(C)(C)C)cc(c1OCCOCCOCCOCCO3)C2)C4. The molecule has 0 aromatic heterocycles. The summed E-state index contributed by atoms with van der Waals surface area (Å²) < 4.78 is 64.3. The molecular formula is C60H84O10. The maximum atomic E-state index is 7.06. The maximum absolute atomic E-state index is 7.06. The molecule has 0 spiro atoms. The monoisotopic (exact) mass is 965 g/mol. The zero-order chi connectivity index (χ0) is 50.1. The zero-order valence-corrected chi connectivity index (χ0v) is 44.8. The Labute approximate surface area is 420 Å². The molecule has 0 saturated carbocycles. The van der Waals surface area contributed by atoms with E-state index in [0.717, 1.165) is 67.5 Å². The van der Waals surface area contributed by atoms with Crippen molar-refractivity contribution in [3.63, 3.8) is 0 Å². The predicted octanol–water partition coefficient (Wildman–Crippen LogP) is 11.2. The third kappa shape index (κ3) is 14.5. The second kappa shape index (κ2) is 23.6. The Hall–Kier alpha value is -4.16. The summed E-state index contributed by atoms with van der Waals surface area (Å²) in [5, 5.41) is 0. The molecule has 0 atom stereocenters. The molecule has 4 aromatic rings. The van der Waals surface area contributed by atoms with Crippen LogP contribution in [-0.4, -0.2) is 106 Å². The largest absolute Gasteiger partial charge is 0.491 e. The van der Waals surface area contributed by atoms with Crippen LogP contribution in [0.25, 0.3) is 0 Å². The Balaban J connectivity index is 1.58. The molecule has 0 unspecified atom stereocenters. The summed E-state index contributed by atoms with van der Waals surface area (Å²) in [5.74, 6) is 3.48. The molecule has 0 N–H and O–H groups in total. The Bertz CT molecular complexity index is 2030. The highest BCUT2D eigenvalue weighted by molar-refractivity contribution is 5.60. The van der Waals surface area contributed by atoms with E-state index >= 15 is 0 Å². The first-order chi connectivity index (χ1) is 33.3. The molecule has 70 heavy (non-hydrogen) atoms. The van der Waals surface area contributed by atoms with Crippen molar-refractivity contribution in [1.82, 2.24) is 0 Å². The molecule has 384 valence electrons. The first kappa shape index (κ1) is 53.6. The summed E-state index contributed by atoms with van der Waals surface area (Å²) in [6.45, 7) is 34.5. The van der Waals surface area contributed by atoms with E-state index in [1.54, 1.807) is 0 Å². The predicted molar refractivity (Wildman–Crippen MR) is 279 cm³/mol. The lowest BCUT2D eigenvalue weighted by atomic mass is 9.79. The zero-order valence-electron chi connectivity index (χ0n) is 44.8. The molecular weight excluding hydrogens is 881 g/mol. The minimum atomic E-state index is -0.164. The summed E-state index contributed by atoms with van der Waals surface area (Å²) >= 11 is 0. The smallest absolute Gasteiger partial charge is 0.126 e. The second-order valence-electron chi connectivity index (χ2n) is 23.3. The van der Waals surface area contributed by atoms with Gasteiger partial charge < -0.3 is 47.4 Å². The number of benzene rings is 4. The van der Waals surface area contributed by atoms with Crippen molar-refractivity contribution in [2.45, 2.75) is 130 Å². The van der Waals surface area contributed by atoms with Crippen molar-refractivity contribution in [2.24, 2.45) is 0 Å². The van der Waals surface area contributed by atoms with Crippen molar-refractivity contribution in [2.75, 3.05) is 106 Å². The number of hydrogen-bond acceptors (Lipinski definition) is 10. The molecule has 2 heterocycles. The van der Waals surface area contributed by atoms with E-state index in [2.05, 4.69) is 132 Å². The first-order valence-electron chi connectivity index (χ1n) is 25.9. The average Bonchev–Trinajstić information content (AvgIpc) is 3.26. The fourth-order valence-corrected chi connectivity index (χ4v) is 9.26. The van der Waals surface area contributed by atoms with E-state index in [0.29, 0.717) is 131 Å². The van der Waals surface area contributed by atoms with Gasteiger partial charge in [-0.15, -0.1) is 0 Å². The number of rotatable bonds is 0. The molecule has 0 radical (unpaired) electrons. The van der Waals surface area contributed by atoms with E-state index in [1.807, 2.05) is 0 Å². The topological polar surface area (TPSA) is 92.3 Å². The van der Waals surface area contributed by atoms with Crippen LogP contribution in [0.1, 0.15) is 150 Å². The Kier molecular flexibility index (Phi) is 18.1. The van der Waals surface area contributed by atoms with Gasteiger partial charge in [0.25, 0.3) is 0 Å². The standard InChI is InChI=1S/C60H84O10/c1-57(2,3)49-33-41-29-42-34-50(58(4,5)6)39-47-32-48-40-52(60(10,11)12)36-44-30-43-35-51(59(7,8)9)38-46(55(43)69-27-23-65-19-15-62-16-20-66-24-28-70-56(44)48)31-45(37-49)53(41)67-25-21-63-17-13-61-14-18-64-22-26-68-54(42)47/h33-40H,13-32H2,1-12H3. The number of ether oxygens (including phenoxy) is 10. The van der Waals surface area contributed by atoms with Gasteiger partial charge in [-0.3, -0.25) is 0 Å². The lowest BCUT2D eigenvalue weighted by Gasteiger charge is -2.29. The van der Waals surface area contributed by atoms with Gasteiger partial charge >= 0.3 is 0 Å². The molecule has 10 nitrogen and oxygen atoms in total. The van der Waals surface area contributed by atoms with Gasteiger partial charge in [0, 0.05) is 25.7 Å². The van der Waals surface area contributed by atoms with E-state index in [9.17, 15) is 0 Å². The average molecular weight is 965 g/mol. The molecule has 3 aliphatic rings. The quantitative estimate of drug-likeness (QED) is 0.149. The molecule has 12 bridgehead atoms. The van der Waals surface area contributed by atoms with Crippen LogP contribution in [0.4, 0.5) is 0 Å². The van der Waals surface area contributed by atoms with Crippen molar-refractivity contribution < 1.29 is 47.4 Å². The van der Waals surface area contributed by atoms with Gasteiger partial charge in [0.2, 0.25) is 0 Å². The van der Waals surface area contributed by atoms with Crippen LogP contribution in [0.5, 0.6) is 23.0 Å². The second-order valence-corrected chi connectivity index (χ2v) is 23.3. The molecule has 7 rings (SSSR count). The lowest BCUT2D eigenvalue weighted by molar-refractivity contribution is 0.00463. The minimum Gasteiger partial charge on any atom is -0.491 e. The summed E-state index contributed by atoms with van der Waals surface area (Å²) in [7, 11) is 0. The molecule has 0 amide bonds. The third-order valence-electron chi connectivity index (χ3n) is 13.3. The summed E-state index contributed by atoms with van der Waals surface area (Å²) in [4.78, 5) is 0. The molecule has 1 aliphatic carbocycles. The van der Waals surface area contributed by atoms with Gasteiger partial charge in [-0.1, -0.05) is 132 Å². The Morgan fingerprint density at radius 1 is 0.229 bits per heavy atom. The highest BCUT2D eigenvalue weighted by Crippen LogP contribution is 2.44. The van der Waals surface area contributed by atoms with Crippen LogP contribution < -0.4 is 18.9 Å². The van der Waals surface area contributed by atoms with Crippen LogP contribution in [0, 0.1) is 0 Å². The molecule has 0 saturated heterocycles. The van der Waals surface area contributed by atoms with E-state index in [-0.39, 0.29) is 21.7 Å². The first-order valence-corrected chi connectivity index (χ1v) is 25.9. The van der Waals surface area contributed by atoms with Gasteiger partial charge in [-0.05, 0) is 88.4 Å². The van der Waals surface area contributed by atoms with Crippen LogP contribution in [0.2, 0.25) is 0 Å². The Morgan fingerprint density at radius 3 is 0.514 bits per heavy atom. The van der Waals surface area contributed by atoms with Crippen molar-refractivity contribution in [3.05, 3.63) is 115 Å². The molecule has 4 aromatic carbocycles. The highest BCUT2D eigenvalue weighted by atomic mass is 16.6. The van der Waals surface area contributed by atoms with Crippen molar-refractivity contribution >= 4 is 0 Å². The van der Waals surface area contributed by atoms with Gasteiger partial charge in [0.1, 0.15) is 49.4 Å². The van der Waals surface area contributed by atoms with Gasteiger partial charge in [0.05, 0.1) is 79.3 Å². The molecule has 10 heteroatoms. The molecule has 0 fully saturated rings. The van der Waals surface area contributed by atoms with Crippen LogP contribution in [0.3, 0.4) is 0 Å². The van der Waals surface area contributed by atoms with E-state index < -0.39 is 0 Å². The van der Waals surface area contributed by atoms with Crippen molar-refractivity contribution in [1.29, 1.82) is 0 Å². The third-order valence-corrected chi connectivity index (χ3v) is 13.3. The van der Waals surface area contributed by atoms with E-state index in [1.165, 1.54) is 22.3 Å². The normalized spacial score (nSPS) is 18.1. The Morgan fingerprint density at radius 2 is 0.371 bits per heavy atom. The van der Waals surface area contributed by atoms with Crippen molar-refractivity contribution in [3.8, 4) is 23.0 Å². The summed E-state index contributed by atoms with van der Waals surface area (Å²) in [5.41, 5.74) is 13.1. The summed E-state index contributed by atoms with van der Waals surface area (Å²) in [6, 6.07) is 18.9. The van der Waals surface area contributed by atoms with Crippen LogP contribution in [-0.2, 0) is 75.8 Å². The lowest BCUT2D eigenvalue weighted by Crippen LogP contribution is -2.20. The number of hydrogen-bond donors (Lipinski definition) is 0. The fraction of sp³-hybridized carbons (Fsp3) is 0.600. The van der Waals surface area contributed by atoms with Crippen LogP contribution >= 0.6 is 0 Å². The minimum absolute atomic E-state index is 0.164. The molecule has 2 aliphatic heterocycles. The summed E-state index contributed by atoms with van der Waals surface area (Å²) in [6.07, 6.45) is 2.31. The highest BCUT2D eigenvalue weighted by Gasteiger charge is 2.30. The van der Waals surface area contributed by atoms with Crippen LogP contribution in [0.15, 0.2) is 48.5 Å². The van der Waals surface area contributed by atoms with Gasteiger partial charge in [-0.2, -0.15) is 0 Å². The fourth-order valence-electron chi connectivity index (χ4n) is 9.26.